The average molecular weight is 360 g/mol. The number of hydrogen-bond acceptors (Lipinski definition) is 6. The minimum absolute atomic E-state index is 0.249. The van der Waals surface area contributed by atoms with Gasteiger partial charge >= 0.3 is 6.01 Å². The summed E-state index contributed by atoms with van der Waals surface area (Å²) in [6, 6.07) is 5.10. The van der Waals surface area contributed by atoms with Crippen molar-refractivity contribution in [3.8, 4) is 6.01 Å². The molecule has 0 spiro atoms. The molecule has 9 heteroatoms. The van der Waals surface area contributed by atoms with Crippen LogP contribution in [0.2, 0.25) is 4.34 Å². The van der Waals surface area contributed by atoms with E-state index in [1.807, 2.05) is 0 Å². The van der Waals surface area contributed by atoms with E-state index in [1.54, 1.807) is 24.5 Å². The summed E-state index contributed by atoms with van der Waals surface area (Å²) < 4.78 is 33.0. The highest BCUT2D eigenvalue weighted by Gasteiger charge is 2.32. The molecule has 1 atom stereocenters. The van der Waals surface area contributed by atoms with Gasteiger partial charge in [0.1, 0.15) is 10.3 Å². The third kappa shape index (κ3) is 3.40. The SMILES string of the molecule is O=S(=O)(c1ccc(Cl)s1)N1CCCC(Oc2ncccn2)C1. The zero-order valence-corrected chi connectivity index (χ0v) is 13.9. The van der Waals surface area contributed by atoms with Crippen molar-refractivity contribution in [3.63, 3.8) is 0 Å². The van der Waals surface area contributed by atoms with Crippen LogP contribution < -0.4 is 4.74 Å². The summed E-state index contributed by atoms with van der Waals surface area (Å²) in [6.45, 7) is 0.767. The molecule has 0 bridgehead atoms. The summed E-state index contributed by atoms with van der Waals surface area (Å²) in [6.07, 6.45) is 4.44. The van der Waals surface area contributed by atoms with Crippen LogP contribution in [0, 0.1) is 0 Å². The van der Waals surface area contributed by atoms with Crippen LogP contribution in [0.15, 0.2) is 34.8 Å². The second kappa shape index (κ2) is 6.49. The second-order valence-corrected chi connectivity index (χ2v) is 8.71. The van der Waals surface area contributed by atoms with Crippen LogP contribution in [-0.4, -0.2) is 41.9 Å². The van der Waals surface area contributed by atoms with E-state index in [2.05, 4.69) is 9.97 Å². The predicted octanol–water partition coefficient (Wildman–Crippen LogP) is 2.42. The lowest BCUT2D eigenvalue weighted by molar-refractivity contribution is 0.119. The zero-order valence-electron chi connectivity index (χ0n) is 11.6. The highest BCUT2D eigenvalue weighted by atomic mass is 35.5. The first-order chi connectivity index (χ1) is 10.6. The van der Waals surface area contributed by atoms with Crippen LogP contribution in [0.25, 0.3) is 0 Å². The van der Waals surface area contributed by atoms with Gasteiger partial charge in [-0.2, -0.15) is 4.31 Å². The van der Waals surface area contributed by atoms with Gasteiger partial charge in [0.25, 0.3) is 10.0 Å². The van der Waals surface area contributed by atoms with E-state index in [1.165, 1.54) is 10.4 Å². The molecule has 0 radical (unpaired) electrons. The van der Waals surface area contributed by atoms with Crippen LogP contribution in [0.5, 0.6) is 6.01 Å². The molecule has 0 saturated carbocycles. The maximum Gasteiger partial charge on any atom is 0.316 e. The van der Waals surface area contributed by atoms with Crippen LogP contribution >= 0.6 is 22.9 Å². The first kappa shape index (κ1) is 15.7. The largest absolute Gasteiger partial charge is 0.459 e. The van der Waals surface area contributed by atoms with E-state index in [0.717, 1.165) is 24.2 Å². The minimum atomic E-state index is -3.52. The Bertz CT molecular complexity index is 736. The molecule has 0 amide bonds. The molecule has 0 aliphatic carbocycles. The Morgan fingerprint density at radius 3 is 2.77 bits per heavy atom. The summed E-state index contributed by atoms with van der Waals surface area (Å²) in [5.74, 6) is 0. The summed E-state index contributed by atoms with van der Waals surface area (Å²) in [5.41, 5.74) is 0. The molecular weight excluding hydrogens is 346 g/mol. The molecule has 3 rings (SSSR count). The van der Waals surface area contributed by atoms with Crippen LogP contribution in [-0.2, 0) is 10.0 Å². The Kier molecular flexibility index (Phi) is 4.62. The first-order valence-corrected chi connectivity index (χ1v) is 9.38. The van der Waals surface area contributed by atoms with Gasteiger partial charge in [0.15, 0.2) is 0 Å². The van der Waals surface area contributed by atoms with Crippen molar-refractivity contribution in [1.82, 2.24) is 14.3 Å². The van der Waals surface area contributed by atoms with Crippen molar-refractivity contribution in [1.29, 1.82) is 0 Å². The summed E-state index contributed by atoms with van der Waals surface area (Å²) in [7, 11) is -3.52. The molecule has 0 aromatic carbocycles. The highest BCUT2D eigenvalue weighted by molar-refractivity contribution is 7.91. The summed E-state index contributed by atoms with van der Waals surface area (Å²) >= 11 is 6.90. The number of sulfonamides is 1. The Morgan fingerprint density at radius 2 is 2.09 bits per heavy atom. The van der Waals surface area contributed by atoms with Crippen LogP contribution in [0.1, 0.15) is 12.8 Å². The van der Waals surface area contributed by atoms with E-state index in [-0.39, 0.29) is 22.9 Å². The van der Waals surface area contributed by atoms with Crippen molar-refractivity contribution < 1.29 is 13.2 Å². The molecule has 0 N–H and O–H groups in total. The van der Waals surface area contributed by atoms with E-state index in [9.17, 15) is 8.42 Å². The molecule has 1 unspecified atom stereocenters. The number of rotatable bonds is 4. The van der Waals surface area contributed by atoms with Crippen molar-refractivity contribution in [3.05, 3.63) is 34.9 Å². The van der Waals surface area contributed by atoms with Crippen LogP contribution in [0.3, 0.4) is 0 Å². The van der Waals surface area contributed by atoms with Gasteiger partial charge < -0.3 is 4.74 Å². The van der Waals surface area contributed by atoms with Crippen molar-refractivity contribution in [2.45, 2.75) is 23.2 Å². The van der Waals surface area contributed by atoms with E-state index >= 15 is 0 Å². The summed E-state index contributed by atoms with van der Waals surface area (Å²) in [5, 5.41) is 0. The second-order valence-electron chi connectivity index (χ2n) is 4.84. The van der Waals surface area contributed by atoms with Gasteiger partial charge in [0.05, 0.1) is 10.9 Å². The number of thiophene rings is 1. The monoisotopic (exact) mass is 359 g/mol. The minimum Gasteiger partial charge on any atom is -0.459 e. The quantitative estimate of drug-likeness (QED) is 0.838. The molecule has 1 aliphatic rings. The Morgan fingerprint density at radius 1 is 1.32 bits per heavy atom. The van der Waals surface area contributed by atoms with Crippen molar-refractivity contribution in [2.75, 3.05) is 13.1 Å². The fourth-order valence-corrected chi connectivity index (χ4v) is 5.43. The third-order valence-electron chi connectivity index (χ3n) is 3.30. The number of nitrogens with zero attached hydrogens (tertiary/aromatic N) is 3. The molecule has 118 valence electrons. The number of aromatic nitrogens is 2. The number of hydrogen-bond donors (Lipinski definition) is 0. The first-order valence-electron chi connectivity index (χ1n) is 6.75. The van der Waals surface area contributed by atoms with Gasteiger partial charge in [0, 0.05) is 18.9 Å². The molecule has 1 fully saturated rings. The lowest BCUT2D eigenvalue weighted by Gasteiger charge is -2.31. The fourth-order valence-electron chi connectivity index (χ4n) is 2.28. The Labute approximate surface area is 137 Å². The average Bonchev–Trinajstić information content (AvgIpc) is 2.96. The number of halogens is 1. The van der Waals surface area contributed by atoms with Gasteiger partial charge in [-0.1, -0.05) is 11.6 Å². The van der Waals surface area contributed by atoms with Gasteiger partial charge in [-0.25, -0.2) is 18.4 Å². The van der Waals surface area contributed by atoms with E-state index in [0.29, 0.717) is 10.9 Å². The predicted molar refractivity (Wildman–Crippen MR) is 83.8 cm³/mol. The molecule has 2 aromatic heterocycles. The normalized spacial score (nSPS) is 20.0. The third-order valence-corrected chi connectivity index (χ3v) is 6.86. The molecule has 6 nitrogen and oxygen atoms in total. The van der Waals surface area contributed by atoms with Gasteiger partial charge in [0.2, 0.25) is 0 Å². The Hall–Kier alpha value is -1.22. The lowest BCUT2D eigenvalue weighted by atomic mass is 10.1. The lowest BCUT2D eigenvalue weighted by Crippen LogP contribution is -2.44. The molecule has 22 heavy (non-hydrogen) atoms. The fraction of sp³-hybridized carbons (Fsp3) is 0.385. The van der Waals surface area contributed by atoms with Crippen LogP contribution in [0.4, 0.5) is 0 Å². The zero-order chi connectivity index (χ0) is 15.6. The number of piperidine rings is 1. The highest BCUT2D eigenvalue weighted by Crippen LogP contribution is 2.30. The molecule has 3 heterocycles. The molecule has 2 aromatic rings. The smallest absolute Gasteiger partial charge is 0.316 e. The van der Waals surface area contributed by atoms with Crippen molar-refractivity contribution in [2.24, 2.45) is 0 Å². The maximum absolute atomic E-state index is 12.6. The molecular formula is C13H14ClN3O3S2. The van der Waals surface area contributed by atoms with E-state index < -0.39 is 10.0 Å². The molecule has 1 aliphatic heterocycles. The summed E-state index contributed by atoms with van der Waals surface area (Å²) in [4.78, 5) is 8.01. The van der Waals surface area contributed by atoms with Gasteiger partial charge in [-0.15, -0.1) is 11.3 Å². The van der Waals surface area contributed by atoms with E-state index in [4.69, 9.17) is 16.3 Å². The number of ether oxygens (including phenoxy) is 1. The van der Waals surface area contributed by atoms with Gasteiger partial charge in [-0.05, 0) is 31.0 Å². The molecule has 1 saturated heterocycles. The topological polar surface area (TPSA) is 72.4 Å². The van der Waals surface area contributed by atoms with Crippen molar-refractivity contribution >= 4 is 33.0 Å². The maximum atomic E-state index is 12.6. The standard InChI is InChI=1S/C13H14ClN3O3S2/c14-11-4-5-12(21-11)22(18,19)17-8-1-3-10(9-17)20-13-15-6-2-7-16-13/h2,4-7,10H,1,3,8-9H2. The Balaban J connectivity index is 1.73. The van der Waals surface area contributed by atoms with Gasteiger partial charge in [-0.3, -0.25) is 0 Å².